The van der Waals surface area contributed by atoms with Crippen LogP contribution in [0.2, 0.25) is 0 Å². The third kappa shape index (κ3) is 8.41. The van der Waals surface area contributed by atoms with Crippen LogP contribution >= 0.6 is 0 Å². The van der Waals surface area contributed by atoms with Gasteiger partial charge in [0.15, 0.2) is 0 Å². The van der Waals surface area contributed by atoms with E-state index in [4.69, 9.17) is 10.5 Å². The fraction of sp³-hybridized carbons (Fsp3) is 0.625. The summed E-state index contributed by atoms with van der Waals surface area (Å²) in [5.74, 6) is 1.77. The van der Waals surface area contributed by atoms with Gasteiger partial charge in [0.1, 0.15) is 18.2 Å². The molecule has 1 fully saturated rings. The number of hydrogen-bond donors (Lipinski definition) is 1. The highest BCUT2D eigenvalue weighted by molar-refractivity contribution is 7.91. The lowest BCUT2D eigenvalue weighted by Gasteiger charge is -2.22. The largest absolute Gasteiger partial charge is 0.616 e. The number of rotatable bonds is 9. The molecule has 2 atom stereocenters. The van der Waals surface area contributed by atoms with Gasteiger partial charge < -0.3 is 15.0 Å². The Hall–Kier alpha value is -0.620. The molecule has 0 aromatic rings. The van der Waals surface area contributed by atoms with Crippen molar-refractivity contribution in [3.05, 3.63) is 36.5 Å². The van der Waals surface area contributed by atoms with E-state index in [0.717, 1.165) is 37.4 Å². The van der Waals surface area contributed by atoms with Crippen LogP contribution < -0.4 is 5.73 Å². The monoisotopic (exact) mass is 315 g/mol. The highest BCUT2D eigenvalue weighted by Crippen LogP contribution is 2.17. The molecule has 2 N–H and O–H groups in total. The van der Waals surface area contributed by atoms with E-state index < -0.39 is 23.9 Å². The van der Waals surface area contributed by atoms with Crippen molar-refractivity contribution >= 4 is 11.2 Å². The molecular formula is C16H26FNO2S. The molecular weight excluding hydrogens is 289 g/mol. The molecule has 5 heteroatoms. The van der Waals surface area contributed by atoms with Gasteiger partial charge in [0.2, 0.25) is 0 Å². The zero-order valence-electron chi connectivity index (χ0n) is 12.5. The third-order valence-electron chi connectivity index (χ3n) is 3.40. The molecule has 1 aliphatic rings. The Morgan fingerprint density at radius 1 is 1.48 bits per heavy atom. The topological polar surface area (TPSA) is 58.3 Å². The maximum atomic E-state index is 12.4. The Bertz CT molecular complexity index is 354. The number of alkyl halides is 1. The Morgan fingerprint density at radius 2 is 2.19 bits per heavy atom. The fourth-order valence-electron chi connectivity index (χ4n) is 2.25. The van der Waals surface area contributed by atoms with Gasteiger partial charge in [-0.05, 0) is 42.1 Å². The van der Waals surface area contributed by atoms with Crippen molar-refractivity contribution in [1.29, 1.82) is 0 Å². The molecule has 0 spiro atoms. The number of hydrogen-bond acceptors (Lipinski definition) is 3. The molecule has 21 heavy (non-hydrogen) atoms. The first-order valence-corrected chi connectivity index (χ1v) is 8.87. The first-order chi connectivity index (χ1) is 10.2. The summed E-state index contributed by atoms with van der Waals surface area (Å²) in [5.41, 5.74) is 6.52. The van der Waals surface area contributed by atoms with Crippen molar-refractivity contribution in [1.82, 2.24) is 0 Å². The second-order valence-corrected chi connectivity index (χ2v) is 6.87. The molecule has 1 saturated heterocycles. The highest BCUT2D eigenvalue weighted by Gasteiger charge is 2.19. The Labute approximate surface area is 130 Å². The summed E-state index contributed by atoms with van der Waals surface area (Å²) in [5, 5.41) is 0. The third-order valence-corrected chi connectivity index (χ3v) is 4.81. The van der Waals surface area contributed by atoms with Crippen LogP contribution in [-0.4, -0.2) is 42.0 Å². The molecule has 0 aliphatic carbocycles. The molecule has 0 radical (unpaired) electrons. The van der Waals surface area contributed by atoms with Gasteiger partial charge in [0.25, 0.3) is 0 Å². The zero-order chi connectivity index (χ0) is 15.5. The molecule has 1 rings (SSSR count). The van der Waals surface area contributed by atoms with Gasteiger partial charge in [-0.2, -0.15) is 0 Å². The van der Waals surface area contributed by atoms with Gasteiger partial charge in [-0.1, -0.05) is 24.8 Å². The Kier molecular flexibility index (Phi) is 9.67. The normalized spacial score (nSPS) is 20.6. The lowest BCUT2D eigenvalue weighted by molar-refractivity contribution is 0.0723. The van der Waals surface area contributed by atoms with Gasteiger partial charge in [-0.25, -0.2) is 4.39 Å². The van der Waals surface area contributed by atoms with Crippen molar-refractivity contribution in [3.8, 4) is 0 Å². The van der Waals surface area contributed by atoms with Crippen molar-refractivity contribution < 1.29 is 13.7 Å². The number of ether oxygens (including phenoxy) is 1. The summed E-state index contributed by atoms with van der Waals surface area (Å²) in [6, 6.07) is -0.492. The average molecular weight is 315 g/mol. The molecule has 0 bridgehead atoms. The molecule has 0 aromatic carbocycles. The van der Waals surface area contributed by atoms with Crippen molar-refractivity contribution in [2.75, 3.05) is 31.4 Å². The molecule has 120 valence electrons. The minimum Gasteiger partial charge on any atom is -0.616 e. The highest BCUT2D eigenvalue weighted by atomic mass is 32.2. The van der Waals surface area contributed by atoms with Crippen LogP contribution in [0.5, 0.6) is 0 Å². The predicted octanol–water partition coefficient (Wildman–Crippen LogP) is 2.52. The smallest absolute Gasteiger partial charge is 0.124 e. The van der Waals surface area contributed by atoms with E-state index in [2.05, 4.69) is 6.58 Å². The summed E-state index contributed by atoms with van der Waals surface area (Å²) in [6.45, 7) is 4.66. The summed E-state index contributed by atoms with van der Waals surface area (Å²) in [6.07, 6.45) is 9.70. The lowest BCUT2D eigenvalue weighted by atomic mass is 10.0. The van der Waals surface area contributed by atoms with E-state index in [-0.39, 0.29) is 0 Å². The van der Waals surface area contributed by atoms with Crippen LogP contribution in [0, 0.1) is 5.92 Å². The first-order valence-electron chi connectivity index (χ1n) is 7.38. The SMILES string of the molecule is C=C/C=C(\C=C/C[S+]([O-])CC1CCOCC1)CC(N)CF. The van der Waals surface area contributed by atoms with Crippen molar-refractivity contribution in [2.24, 2.45) is 11.7 Å². The molecule has 0 amide bonds. The molecule has 3 nitrogen and oxygen atoms in total. The van der Waals surface area contributed by atoms with Gasteiger partial charge in [-0.15, -0.1) is 0 Å². The van der Waals surface area contributed by atoms with E-state index in [1.54, 1.807) is 6.08 Å². The van der Waals surface area contributed by atoms with E-state index >= 15 is 0 Å². The van der Waals surface area contributed by atoms with Gasteiger partial charge in [-0.3, -0.25) is 0 Å². The minimum atomic E-state index is -0.853. The zero-order valence-corrected chi connectivity index (χ0v) is 13.3. The van der Waals surface area contributed by atoms with Crippen molar-refractivity contribution in [2.45, 2.75) is 25.3 Å². The number of halogens is 1. The summed E-state index contributed by atoms with van der Waals surface area (Å²) < 4.78 is 29.8. The average Bonchev–Trinajstić information content (AvgIpc) is 2.48. The van der Waals surface area contributed by atoms with Crippen LogP contribution in [0.25, 0.3) is 0 Å². The van der Waals surface area contributed by atoms with Gasteiger partial charge in [0, 0.05) is 25.2 Å². The number of allylic oxidation sites excluding steroid dienone is 3. The predicted molar refractivity (Wildman–Crippen MR) is 87.4 cm³/mol. The van der Waals surface area contributed by atoms with Gasteiger partial charge >= 0.3 is 0 Å². The van der Waals surface area contributed by atoms with Crippen LogP contribution in [0.3, 0.4) is 0 Å². The van der Waals surface area contributed by atoms with Crippen molar-refractivity contribution in [3.63, 3.8) is 0 Å². The standard InChI is InChI=1S/C16H26FNO2S/c1-2-4-14(11-16(18)12-17)5-3-10-21(19)13-15-6-8-20-9-7-15/h2-5,15-16H,1,6-13,18H2/b5-3-,14-4+. The molecule has 2 unspecified atom stereocenters. The molecule has 1 aliphatic heterocycles. The van der Waals surface area contributed by atoms with E-state index in [1.165, 1.54) is 0 Å². The molecule has 1 heterocycles. The summed E-state index contributed by atoms with van der Waals surface area (Å²) in [7, 11) is 0. The second-order valence-electron chi connectivity index (χ2n) is 5.33. The fourth-order valence-corrected chi connectivity index (χ4v) is 3.56. The maximum absolute atomic E-state index is 12.4. The van der Waals surface area contributed by atoms with Crippen LogP contribution in [0.1, 0.15) is 19.3 Å². The van der Waals surface area contributed by atoms with E-state index in [1.807, 2.05) is 18.2 Å². The Balaban J connectivity index is 2.35. The minimum absolute atomic E-state index is 0.464. The van der Waals surface area contributed by atoms with E-state index in [0.29, 0.717) is 18.1 Å². The van der Waals surface area contributed by atoms with Crippen LogP contribution in [-0.2, 0) is 15.9 Å². The molecule has 0 saturated carbocycles. The summed E-state index contributed by atoms with van der Waals surface area (Å²) in [4.78, 5) is 0. The van der Waals surface area contributed by atoms with Crippen LogP contribution in [0.4, 0.5) is 4.39 Å². The quantitative estimate of drug-likeness (QED) is 0.525. The van der Waals surface area contributed by atoms with E-state index in [9.17, 15) is 8.94 Å². The molecule has 0 aromatic heterocycles. The second kappa shape index (κ2) is 11.0. The Morgan fingerprint density at radius 3 is 2.81 bits per heavy atom. The number of nitrogens with two attached hydrogens (primary N) is 1. The van der Waals surface area contributed by atoms with Crippen LogP contribution in [0.15, 0.2) is 36.5 Å². The van der Waals surface area contributed by atoms with Gasteiger partial charge in [0.05, 0.1) is 0 Å². The lowest BCUT2D eigenvalue weighted by Crippen LogP contribution is -2.24. The first kappa shape index (κ1) is 18.4. The summed E-state index contributed by atoms with van der Waals surface area (Å²) >= 11 is -0.853. The maximum Gasteiger partial charge on any atom is 0.124 e.